The molecule has 0 bridgehead atoms. The van der Waals surface area contributed by atoms with E-state index in [9.17, 15) is 9.59 Å². The number of hydrogen-bond donors (Lipinski definition) is 0. The van der Waals surface area contributed by atoms with E-state index in [0.717, 1.165) is 5.56 Å². The maximum absolute atomic E-state index is 12.1. The fourth-order valence-corrected chi connectivity index (χ4v) is 2.15. The second kappa shape index (κ2) is 7.90. The van der Waals surface area contributed by atoms with Crippen LogP contribution in [0.25, 0.3) is 0 Å². The average molecular weight is 357 g/mol. The van der Waals surface area contributed by atoms with Gasteiger partial charge in [0.25, 0.3) is 0 Å². The van der Waals surface area contributed by atoms with Crippen LogP contribution in [0.4, 0.5) is 0 Å². The lowest BCUT2D eigenvalue weighted by atomic mass is 10.1. The Kier molecular flexibility index (Phi) is 5.40. The first-order valence-electron chi connectivity index (χ1n) is 8.22. The lowest BCUT2D eigenvalue weighted by molar-refractivity contribution is 0.0462. The summed E-state index contributed by atoms with van der Waals surface area (Å²) in [6, 6.07) is 1.58. The minimum atomic E-state index is -0.595. The lowest BCUT2D eigenvalue weighted by Crippen LogP contribution is -2.11. The van der Waals surface area contributed by atoms with Crippen molar-refractivity contribution in [1.29, 1.82) is 0 Å². The number of ether oxygens (including phenoxy) is 3. The third-order valence-electron chi connectivity index (χ3n) is 3.97. The summed E-state index contributed by atoms with van der Waals surface area (Å²) >= 11 is 0. The average Bonchev–Trinajstić information content (AvgIpc) is 3.49. The molecule has 0 aliphatic heterocycles. The van der Waals surface area contributed by atoms with Gasteiger partial charge in [-0.1, -0.05) is 0 Å². The fourth-order valence-electron chi connectivity index (χ4n) is 2.15. The molecule has 2 aromatic rings. The first kappa shape index (κ1) is 17.8. The highest BCUT2D eigenvalue weighted by Crippen LogP contribution is 2.29. The Morgan fingerprint density at radius 1 is 1.08 bits per heavy atom. The summed E-state index contributed by atoms with van der Waals surface area (Å²) in [6.45, 7) is 2.44. The van der Waals surface area contributed by atoms with Gasteiger partial charge in [0.1, 0.15) is 12.3 Å². The SMILES string of the molecule is COC(=O)c1cc(C)c(COC(=O)c2cnc(OCC3CC3)cn2)cn1. The second-order valence-electron chi connectivity index (χ2n) is 6.06. The van der Waals surface area contributed by atoms with Crippen LogP contribution in [-0.4, -0.2) is 40.6 Å². The van der Waals surface area contributed by atoms with Crippen molar-refractivity contribution in [3.63, 3.8) is 0 Å². The topological polar surface area (TPSA) is 101 Å². The summed E-state index contributed by atoms with van der Waals surface area (Å²) < 4.78 is 15.3. The maximum Gasteiger partial charge on any atom is 0.358 e. The van der Waals surface area contributed by atoms with Gasteiger partial charge in [-0.25, -0.2) is 24.5 Å². The van der Waals surface area contributed by atoms with Gasteiger partial charge in [0.2, 0.25) is 5.88 Å². The van der Waals surface area contributed by atoms with Crippen molar-refractivity contribution in [2.75, 3.05) is 13.7 Å². The maximum atomic E-state index is 12.1. The molecule has 0 amide bonds. The number of aryl methyl sites for hydroxylation is 1. The summed E-state index contributed by atoms with van der Waals surface area (Å²) in [5, 5.41) is 0. The molecular formula is C18H19N3O5. The van der Waals surface area contributed by atoms with Gasteiger partial charge in [0.15, 0.2) is 5.69 Å². The quantitative estimate of drug-likeness (QED) is 0.695. The van der Waals surface area contributed by atoms with Crippen molar-refractivity contribution >= 4 is 11.9 Å². The van der Waals surface area contributed by atoms with E-state index < -0.39 is 11.9 Å². The van der Waals surface area contributed by atoms with Crippen molar-refractivity contribution in [2.24, 2.45) is 5.92 Å². The normalized spacial score (nSPS) is 13.2. The Morgan fingerprint density at radius 2 is 1.85 bits per heavy atom. The van der Waals surface area contributed by atoms with Crippen molar-refractivity contribution in [1.82, 2.24) is 15.0 Å². The predicted octanol–water partition coefficient (Wildman–Crippen LogP) is 2.11. The summed E-state index contributed by atoms with van der Waals surface area (Å²) in [5.74, 6) is -0.102. The van der Waals surface area contributed by atoms with Crippen LogP contribution in [0, 0.1) is 12.8 Å². The molecule has 8 heteroatoms. The first-order valence-corrected chi connectivity index (χ1v) is 8.22. The van der Waals surface area contributed by atoms with Crippen LogP contribution in [0.1, 0.15) is 44.9 Å². The van der Waals surface area contributed by atoms with Crippen LogP contribution < -0.4 is 4.74 Å². The Hall–Kier alpha value is -3.03. The van der Waals surface area contributed by atoms with Crippen LogP contribution in [-0.2, 0) is 16.1 Å². The molecule has 0 N–H and O–H groups in total. The number of hydrogen-bond acceptors (Lipinski definition) is 8. The van der Waals surface area contributed by atoms with E-state index in [1.807, 2.05) is 0 Å². The van der Waals surface area contributed by atoms with Crippen molar-refractivity contribution in [2.45, 2.75) is 26.4 Å². The highest BCUT2D eigenvalue weighted by atomic mass is 16.5. The highest BCUT2D eigenvalue weighted by Gasteiger charge is 2.22. The zero-order valence-corrected chi connectivity index (χ0v) is 14.6. The number of esters is 2. The number of carbonyl (C=O) groups excluding carboxylic acids is 2. The number of carbonyl (C=O) groups is 2. The molecule has 1 aliphatic carbocycles. The van der Waals surface area contributed by atoms with Gasteiger partial charge in [0, 0.05) is 11.8 Å². The van der Waals surface area contributed by atoms with Crippen molar-refractivity contribution in [3.05, 3.63) is 47.2 Å². The second-order valence-corrected chi connectivity index (χ2v) is 6.06. The van der Waals surface area contributed by atoms with Gasteiger partial charge in [-0.3, -0.25) is 0 Å². The highest BCUT2D eigenvalue weighted by molar-refractivity contribution is 5.87. The molecule has 0 atom stereocenters. The molecule has 136 valence electrons. The number of rotatable bonds is 7. The molecule has 0 spiro atoms. The van der Waals surface area contributed by atoms with E-state index >= 15 is 0 Å². The van der Waals surface area contributed by atoms with Gasteiger partial charge >= 0.3 is 11.9 Å². The predicted molar refractivity (Wildman–Crippen MR) is 89.7 cm³/mol. The zero-order valence-electron chi connectivity index (χ0n) is 14.6. The monoisotopic (exact) mass is 357 g/mol. The van der Waals surface area contributed by atoms with Gasteiger partial charge in [0.05, 0.1) is 26.1 Å². The Labute approximate surface area is 150 Å². The third kappa shape index (κ3) is 4.53. The molecule has 1 fully saturated rings. The Balaban J connectivity index is 1.55. The molecule has 2 aromatic heterocycles. The number of methoxy groups -OCH3 is 1. The van der Waals surface area contributed by atoms with Crippen LogP contribution in [0.5, 0.6) is 5.88 Å². The molecular weight excluding hydrogens is 338 g/mol. The molecule has 0 unspecified atom stereocenters. The minimum absolute atomic E-state index is 0.0146. The van der Waals surface area contributed by atoms with Crippen molar-refractivity contribution < 1.29 is 23.8 Å². The van der Waals surface area contributed by atoms with Crippen LogP contribution >= 0.6 is 0 Å². The summed E-state index contributed by atoms with van der Waals surface area (Å²) in [4.78, 5) is 35.6. The standard InChI is InChI=1S/C18H19N3O5/c1-11-5-14(17(22)24-2)19-6-13(11)10-26-18(23)15-7-21-16(8-20-15)25-9-12-3-4-12/h5-8,12H,3-4,9-10H2,1-2H3. The molecule has 1 aliphatic rings. The Morgan fingerprint density at radius 3 is 2.46 bits per heavy atom. The molecule has 1 saturated carbocycles. The third-order valence-corrected chi connectivity index (χ3v) is 3.97. The van der Waals surface area contributed by atoms with Crippen LogP contribution in [0.2, 0.25) is 0 Å². The van der Waals surface area contributed by atoms with E-state index in [1.54, 1.807) is 13.0 Å². The number of nitrogens with zero attached hydrogens (tertiary/aromatic N) is 3. The van der Waals surface area contributed by atoms with E-state index in [0.29, 0.717) is 24.0 Å². The molecule has 0 saturated heterocycles. The number of pyridine rings is 1. The molecule has 0 aromatic carbocycles. The smallest absolute Gasteiger partial charge is 0.358 e. The largest absolute Gasteiger partial charge is 0.476 e. The zero-order chi connectivity index (χ0) is 18.5. The van der Waals surface area contributed by atoms with E-state index in [2.05, 4.69) is 19.7 Å². The molecule has 8 nitrogen and oxygen atoms in total. The Bertz CT molecular complexity index is 803. The minimum Gasteiger partial charge on any atom is -0.476 e. The van der Waals surface area contributed by atoms with E-state index in [1.165, 1.54) is 38.5 Å². The number of aromatic nitrogens is 3. The fraction of sp³-hybridized carbons (Fsp3) is 0.389. The molecule has 3 rings (SSSR count). The van der Waals surface area contributed by atoms with Gasteiger partial charge in [-0.05, 0) is 37.3 Å². The molecule has 26 heavy (non-hydrogen) atoms. The summed E-state index contributed by atoms with van der Waals surface area (Å²) in [6.07, 6.45) is 6.60. The van der Waals surface area contributed by atoms with Crippen molar-refractivity contribution in [3.8, 4) is 5.88 Å². The van der Waals surface area contributed by atoms with E-state index in [-0.39, 0.29) is 18.0 Å². The van der Waals surface area contributed by atoms with Gasteiger partial charge in [-0.15, -0.1) is 0 Å². The molecule has 2 heterocycles. The van der Waals surface area contributed by atoms with Crippen LogP contribution in [0.3, 0.4) is 0 Å². The summed E-state index contributed by atoms with van der Waals surface area (Å²) in [5.41, 5.74) is 1.75. The van der Waals surface area contributed by atoms with Gasteiger partial charge in [-0.2, -0.15) is 0 Å². The lowest BCUT2D eigenvalue weighted by Gasteiger charge is -2.08. The van der Waals surface area contributed by atoms with E-state index in [4.69, 9.17) is 9.47 Å². The van der Waals surface area contributed by atoms with Gasteiger partial charge < -0.3 is 14.2 Å². The van der Waals surface area contributed by atoms with Crippen LogP contribution in [0.15, 0.2) is 24.7 Å². The first-order chi connectivity index (χ1) is 12.6. The molecule has 0 radical (unpaired) electrons. The summed E-state index contributed by atoms with van der Waals surface area (Å²) in [7, 11) is 1.29.